The van der Waals surface area contributed by atoms with Gasteiger partial charge in [-0.15, -0.1) is 0 Å². The van der Waals surface area contributed by atoms with Crippen LogP contribution in [0.5, 0.6) is 5.75 Å². The van der Waals surface area contributed by atoms with Crippen LogP contribution in [0.3, 0.4) is 0 Å². The molecular weight excluding hydrogens is 219 g/mol. The average molecular weight is 238 g/mol. The van der Waals surface area contributed by atoms with Crippen LogP contribution in [0.15, 0.2) is 18.2 Å². The second-order valence-corrected chi connectivity index (χ2v) is 4.65. The van der Waals surface area contributed by atoms with Gasteiger partial charge in [-0.2, -0.15) is 0 Å². The Bertz CT molecular complexity index is 399. The maximum atomic E-state index is 13.7. The Kier molecular flexibility index (Phi) is 4.67. The van der Waals surface area contributed by atoms with Crippen molar-refractivity contribution in [2.75, 3.05) is 0 Å². The van der Waals surface area contributed by atoms with E-state index in [1.165, 1.54) is 6.07 Å². The number of carbonyl (C=O) groups is 1. The number of rotatable bonds is 5. The molecule has 0 amide bonds. The summed E-state index contributed by atoms with van der Waals surface area (Å²) in [4.78, 5) is 11.1. The topological polar surface area (TPSA) is 26.3 Å². The molecule has 0 saturated carbocycles. The minimum absolute atomic E-state index is 0.0495. The van der Waals surface area contributed by atoms with E-state index in [1.807, 2.05) is 20.8 Å². The molecule has 0 aromatic heterocycles. The van der Waals surface area contributed by atoms with Gasteiger partial charge in [0, 0.05) is 5.92 Å². The molecule has 1 unspecified atom stereocenters. The summed E-state index contributed by atoms with van der Waals surface area (Å²) in [7, 11) is 0. The summed E-state index contributed by atoms with van der Waals surface area (Å²) in [6.07, 6.45) is 0.514. The van der Waals surface area contributed by atoms with Crippen LogP contribution in [0.25, 0.3) is 0 Å². The van der Waals surface area contributed by atoms with Crippen molar-refractivity contribution in [1.29, 1.82) is 0 Å². The summed E-state index contributed by atoms with van der Waals surface area (Å²) in [5, 5.41) is 0. The average Bonchev–Trinajstić information content (AvgIpc) is 2.21. The minimum atomic E-state index is -0.369. The quantitative estimate of drug-likeness (QED) is 0.786. The highest BCUT2D eigenvalue weighted by Gasteiger charge is 2.11. The van der Waals surface area contributed by atoms with Crippen molar-refractivity contribution in [3.63, 3.8) is 0 Å². The predicted octanol–water partition coefficient (Wildman–Crippen LogP) is 3.38. The zero-order chi connectivity index (χ0) is 13.0. The van der Waals surface area contributed by atoms with Gasteiger partial charge in [0.25, 0.3) is 0 Å². The first-order valence-corrected chi connectivity index (χ1v) is 5.85. The van der Waals surface area contributed by atoms with Crippen LogP contribution >= 0.6 is 0 Å². The van der Waals surface area contributed by atoms with E-state index < -0.39 is 0 Å². The maximum absolute atomic E-state index is 13.7. The van der Waals surface area contributed by atoms with Crippen LogP contribution in [-0.4, -0.2) is 11.9 Å². The maximum Gasteiger partial charge on any atom is 0.165 e. The zero-order valence-corrected chi connectivity index (χ0v) is 10.8. The van der Waals surface area contributed by atoms with Gasteiger partial charge in [0.15, 0.2) is 11.6 Å². The van der Waals surface area contributed by atoms with E-state index in [0.717, 1.165) is 5.56 Å². The number of hydrogen-bond acceptors (Lipinski definition) is 2. The first kappa shape index (κ1) is 13.7. The van der Waals surface area contributed by atoms with Crippen LogP contribution < -0.4 is 4.74 Å². The van der Waals surface area contributed by atoms with Crippen LogP contribution in [0.1, 0.15) is 33.3 Å². The van der Waals surface area contributed by atoms with Gasteiger partial charge in [0.1, 0.15) is 5.78 Å². The number of Topliss-reactive ketones (excluding diaryl/α,β-unsaturated/α-hetero) is 1. The van der Waals surface area contributed by atoms with Gasteiger partial charge < -0.3 is 4.74 Å². The Morgan fingerprint density at radius 2 is 2.00 bits per heavy atom. The van der Waals surface area contributed by atoms with Crippen molar-refractivity contribution in [1.82, 2.24) is 0 Å². The van der Waals surface area contributed by atoms with Gasteiger partial charge in [0.2, 0.25) is 0 Å². The zero-order valence-electron chi connectivity index (χ0n) is 10.8. The second-order valence-electron chi connectivity index (χ2n) is 4.65. The summed E-state index contributed by atoms with van der Waals surface area (Å²) in [5.41, 5.74) is 0.821. The lowest BCUT2D eigenvalue weighted by molar-refractivity contribution is -0.120. The smallest absolute Gasteiger partial charge is 0.165 e. The Hall–Kier alpha value is -1.38. The number of hydrogen-bond donors (Lipinski definition) is 0. The van der Waals surface area contributed by atoms with E-state index >= 15 is 0 Å². The SMILES string of the molecule is CC(=O)C(C)Cc1ccc(OC(C)C)c(F)c1. The lowest BCUT2D eigenvalue weighted by atomic mass is 9.98. The molecular formula is C14H19FO2. The normalized spacial score (nSPS) is 12.6. The molecule has 1 aromatic carbocycles. The van der Waals surface area contributed by atoms with E-state index in [4.69, 9.17) is 4.74 Å². The van der Waals surface area contributed by atoms with Crippen molar-refractivity contribution in [3.8, 4) is 5.75 Å². The van der Waals surface area contributed by atoms with Crippen LogP contribution in [0.2, 0.25) is 0 Å². The molecule has 0 N–H and O–H groups in total. The molecule has 0 aliphatic carbocycles. The van der Waals surface area contributed by atoms with Crippen molar-refractivity contribution < 1.29 is 13.9 Å². The molecule has 0 heterocycles. The third-order valence-electron chi connectivity index (χ3n) is 2.59. The van der Waals surface area contributed by atoms with Crippen molar-refractivity contribution >= 4 is 5.78 Å². The summed E-state index contributed by atoms with van der Waals surface area (Å²) in [5.74, 6) is -0.0645. The molecule has 0 aliphatic heterocycles. The van der Waals surface area contributed by atoms with E-state index in [-0.39, 0.29) is 29.4 Å². The lowest BCUT2D eigenvalue weighted by Crippen LogP contribution is -2.10. The van der Waals surface area contributed by atoms with E-state index in [0.29, 0.717) is 6.42 Å². The number of carbonyl (C=O) groups excluding carboxylic acids is 1. The summed E-state index contributed by atoms with van der Waals surface area (Å²) < 4.78 is 19.0. The molecule has 0 saturated heterocycles. The fourth-order valence-electron chi connectivity index (χ4n) is 1.52. The number of halogens is 1. The lowest BCUT2D eigenvalue weighted by Gasteiger charge is -2.12. The fourth-order valence-corrected chi connectivity index (χ4v) is 1.52. The Labute approximate surface area is 102 Å². The molecule has 17 heavy (non-hydrogen) atoms. The van der Waals surface area contributed by atoms with E-state index in [2.05, 4.69) is 0 Å². The second kappa shape index (κ2) is 5.80. The van der Waals surface area contributed by atoms with Crippen LogP contribution in [-0.2, 0) is 11.2 Å². The number of ketones is 1. The van der Waals surface area contributed by atoms with Gasteiger partial charge >= 0.3 is 0 Å². The van der Waals surface area contributed by atoms with Gasteiger partial charge in [-0.25, -0.2) is 4.39 Å². The van der Waals surface area contributed by atoms with Crippen molar-refractivity contribution in [2.45, 2.75) is 40.2 Å². The molecule has 0 fully saturated rings. The molecule has 1 rings (SSSR count). The highest BCUT2D eigenvalue weighted by molar-refractivity contribution is 5.78. The predicted molar refractivity (Wildman–Crippen MR) is 65.7 cm³/mol. The highest BCUT2D eigenvalue weighted by atomic mass is 19.1. The van der Waals surface area contributed by atoms with Gasteiger partial charge in [-0.1, -0.05) is 13.0 Å². The monoisotopic (exact) mass is 238 g/mol. The fraction of sp³-hybridized carbons (Fsp3) is 0.500. The molecule has 1 aromatic rings. The molecule has 2 nitrogen and oxygen atoms in total. The first-order chi connectivity index (χ1) is 7.90. The summed E-state index contributed by atoms with van der Waals surface area (Å²) in [6.45, 7) is 7.10. The van der Waals surface area contributed by atoms with E-state index in [9.17, 15) is 9.18 Å². The molecule has 1 atom stereocenters. The molecule has 0 spiro atoms. The highest BCUT2D eigenvalue weighted by Crippen LogP contribution is 2.21. The molecule has 0 aliphatic rings. The van der Waals surface area contributed by atoms with Crippen LogP contribution in [0, 0.1) is 11.7 Å². The van der Waals surface area contributed by atoms with Crippen molar-refractivity contribution in [2.24, 2.45) is 5.92 Å². The Balaban J connectivity index is 2.78. The Morgan fingerprint density at radius 3 is 2.47 bits per heavy atom. The Morgan fingerprint density at radius 1 is 1.35 bits per heavy atom. The van der Waals surface area contributed by atoms with Crippen LogP contribution in [0.4, 0.5) is 4.39 Å². The van der Waals surface area contributed by atoms with E-state index in [1.54, 1.807) is 19.1 Å². The molecule has 94 valence electrons. The molecule has 3 heteroatoms. The van der Waals surface area contributed by atoms with Gasteiger partial charge in [-0.05, 0) is 44.9 Å². The first-order valence-electron chi connectivity index (χ1n) is 5.85. The minimum Gasteiger partial charge on any atom is -0.488 e. The summed E-state index contributed by atoms with van der Waals surface area (Å²) >= 11 is 0. The third-order valence-corrected chi connectivity index (χ3v) is 2.59. The molecule has 0 radical (unpaired) electrons. The van der Waals surface area contributed by atoms with Gasteiger partial charge in [-0.3, -0.25) is 4.79 Å². The van der Waals surface area contributed by atoms with Gasteiger partial charge in [0.05, 0.1) is 6.10 Å². The van der Waals surface area contributed by atoms with Crippen molar-refractivity contribution in [3.05, 3.63) is 29.6 Å². The third kappa shape index (κ3) is 4.17. The number of ether oxygens (including phenoxy) is 1. The number of benzene rings is 1. The largest absolute Gasteiger partial charge is 0.488 e. The standard InChI is InChI=1S/C14H19FO2/c1-9(2)17-14-6-5-12(8-13(14)15)7-10(3)11(4)16/h5-6,8-10H,7H2,1-4H3. The molecule has 0 bridgehead atoms. The summed E-state index contributed by atoms with van der Waals surface area (Å²) in [6, 6.07) is 4.87.